The molecule has 8 amide bonds. The van der Waals surface area contributed by atoms with Gasteiger partial charge in [-0.3, -0.25) is 33.6 Å². The maximum atomic E-state index is 13.5. The highest BCUT2D eigenvalue weighted by atomic mass is 31.0. The van der Waals surface area contributed by atoms with E-state index in [2.05, 4.69) is 71.3 Å². The predicted octanol–water partition coefficient (Wildman–Crippen LogP) is 11.0. The van der Waals surface area contributed by atoms with Crippen LogP contribution >= 0.6 is 28.4 Å². The molecule has 0 radical (unpaired) electrons. The Morgan fingerprint density at radius 3 is 1.53 bits per heavy atom. The minimum absolute atomic E-state index is 0. The van der Waals surface area contributed by atoms with Crippen molar-refractivity contribution in [2.24, 2.45) is 11.8 Å². The second kappa shape index (κ2) is 60.9. The molecule has 30 nitrogen and oxygen atoms in total. The van der Waals surface area contributed by atoms with Gasteiger partial charge in [0.1, 0.15) is 47.1 Å². The molecule has 18 atom stereocenters. The summed E-state index contributed by atoms with van der Waals surface area (Å²) in [6, 6.07) is -4.55. The molecule has 0 spiro atoms. The monoisotopic (exact) mass is 1660 g/mol. The Morgan fingerprint density at radius 1 is 0.602 bits per heavy atom. The zero-order valence-corrected chi connectivity index (χ0v) is 73.4. The molecule has 113 heavy (non-hydrogen) atoms. The van der Waals surface area contributed by atoms with Crippen LogP contribution in [0, 0.1) is 11.8 Å². The Labute approximate surface area is 682 Å². The Bertz CT molecular complexity index is 2940. The van der Waals surface area contributed by atoms with E-state index in [1.54, 1.807) is 41.1 Å². The van der Waals surface area contributed by atoms with Crippen molar-refractivity contribution >= 4 is 99.7 Å². The number of ketones is 2. The van der Waals surface area contributed by atoms with Crippen LogP contribution in [-0.2, 0) is 85.1 Å². The van der Waals surface area contributed by atoms with Gasteiger partial charge < -0.3 is 88.6 Å². The van der Waals surface area contributed by atoms with Crippen LogP contribution in [0.25, 0.3) is 0 Å². The molecule has 5 heterocycles. The molecule has 0 aromatic heterocycles. The fourth-order valence-corrected chi connectivity index (χ4v) is 13.7. The lowest BCUT2D eigenvalue weighted by Gasteiger charge is -2.29. The molecule has 3 unspecified atom stereocenters. The quantitative estimate of drug-likeness (QED) is 0.0168. The van der Waals surface area contributed by atoms with Crippen LogP contribution in [0.2, 0.25) is 0 Å². The van der Waals surface area contributed by atoms with Crippen molar-refractivity contribution in [3.05, 3.63) is 50.1 Å². The highest BCUT2D eigenvalue weighted by molar-refractivity contribution is 7.11. The normalized spacial score (nSPS) is 25.7. The third-order valence-corrected chi connectivity index (χ3v) is 20.4. The number of nitrogens with zero attached hydrogens (tertiary/aromatic N) is 3. The van der Waals surface area contributed by atoms with E-state index in [1.807, 2.05) is 102 Å². The number of methoxy groups -OCH3 is 4. The number of fused-ring (bicyclic) bond motifs is 2. The molecule has 4 saturated heterocycles. The van der Waals surface area contributed by atoms with E-state index < -0.39 is 95.3 Å². The third kappa shape index (κ3) is 35.9. The molecule has 6 fully saturated rings. The van der Waals surface area contributed by atoms with Crippen molar-refractivity contribution in [2.75, 3.05) is 67.8 Å². The van der Waals surface area contributed by atoms with Gasteiger partial charge in [-0.05, 0) is 105 Å². The number of likely N-dealkylation sites (tertiary alicyclic amines) is 2. The SMILES string of the molecule is C.C=CCCCCC[C@H](NC(=O)OP)C(=O)N1C[C@H](OC)C[C@H]1C(=O)N[C@]1(C(=O)OCC)C[C@H]1C=C.C=CCCCCC[C@H](NC(=O)OP)C(=O)N1C[C@H](OC)C[C@H]1C(C)=O.CC.CC.CC.CC.CCOC(=O)[C@@]12C[C@H]1/C=C\CCCCCC[C@H](NC(=O)OP)C(=O)N1C[C@H](OC)C[C@H]1C(=O)N2.CO[C@H]1CN[C@H](C(C)=O)C1. The summed E-state index contributed by atoms with van der Waals surface area (Å²) in [7, 11) is 11.9. The summed E-state index contributed by atoms with van der Waals surface area (Å²) < 4.78 is 45.5. The molecule has 33 heteroatoms. The van der Waals surface area contributed by atoms with Gasteiger partial charge in [0.2, 0.25) is 29.5 Å². The first-order chi connectivity index (χ1) is 53.8. The van der Waals surface area contributed by atoms with E-state index in [0.717, 1.165) is 90.0 Å². The van der Waals surface area contributed by atoms with E-state index in [4.69, 9.17) is 28.4 Å². The Balaban J connectivity index is 0. The molecule has 2 saturated carbocycles. The number of esters is 2. The van der Waals surface area contributed by atoms with E-state index in [0.29, 0.717) is 57.9 Å². The number of rotatable bonds is 30. The van der Waals surface area contributed by atoms with Crippen LogP contribution in [0.1, 0.15) is 232 Å². The van der Waals surface area contributed by atoms with Gasteiger partial charge in [0.25, 0.3) is 0 Å². The largest absolute Gasteiger partial charge is 0.464 e. The molecule has 7 rings (SSSR count). The Kier molecular flexibility index (Phi) is 58.5. The average Bonchev–Trinajstić information content (AvgIpc) is 1.59. The lowest BCUT2D eigenvalue weighted by Crippen LogP contribution is -2.56. The summed E-state index contributed by atoms with van der Waals surface area (Å²) in [6.07, 6.45) is 22.2. The number of carbonyl (C=O) groups excluding carboxylic acids is 12. The van der Waals surface area contributed by atoms with Gasteiger partial charge in [-0.25, -0.2) is 24.0 Å². The second-order valence-corrected chi connectivity index (χ2v) is 27.6. The maximum Gasteiger partial charge on any atom is 0.409 e. The smallest absolute Gasteiger partial charge is 0.409 e. The minimum atomic E-state index is -1.17. The zero-order valence-electron chi connectivity index (χ0n) is 70.0. The van der Waals surface area contributed by atoms with Gasteiger partial charge in [0.05, 0.1) is 78.1 Å². The number of allylic oxidation sites excluding steroid dienone is 3. The van der Waals surface area contributed by atoms with E-state index >= 15 is 0 Å². The molecule has 5 aliphatic heterocycles. The van der Waals surface area contributed by atoms with E-state index in [9.17, 15) is 57.5 Å². The van der Waals surface area contributed by atoms with Crippen molar-refractivity contribution in [1.82, 2.24) is 46.6 Å². The standard InChI is InChI=1S/C24H38N3O7P.C23H36N3O7P.C17H29N2O5P.C7H13NO2.4C2H6.CH4/c1-5-8-9-10-11-12-18(25-23(31)34-35)21(29)27-15-17(32-4)13-19(27)20(28)26-24(14-16(24)6-2)22(30)33-7-3;1-3-32-21(29)23-13-15(23)10-8-6-4-5-7-9-11-17(24-22(30)33-34)20(28)26-14-16(31-2)12-18(26)19(27)25-23;1-4-5-6-7-8-9-14(18-17(22)24-25)16(21)19-11-13(23-3)10-15(19)12(2)20;1-5(9)7-3-6(10-2)4-8-7;4*1-2;/h5-6,16-19H,1-2,7-15,35H2,3-4H3,(H,25,31)(H,26,28);8,10,15-18H,3-7,9,11-14,34H2,1-2H3,(H,24,30)(H,25,27);4,13-15H,1,5-11,25H2,2-3H3,(H,18,22);6-8H,3-4H2,1-2H3;4*1-2H3;1H4/b;10-8-;;;;;;;/t16-,17-,18+,19+,24-;15-,16-,17+,18+,23-;13-,14+,15+;6-,7+;;;;;/m1111...../s1. The molecule has 0 aromatic rings. The summed E-state index contributed by atoms with van der Waals surface area (Å²) in [4.78, 5) is 155. The molecule has 6 N–H and O–H groups in total. The number of nitrogens with one attached hydrogen (secondary N) is 6. The van der Waals surface area contributed by atoms with Crippen molar-refractivity contribution in [1.29, 1.82) is 0 Å². The van der Waals surface area contributed by atoms with Crippen LogP contribution in [0.4, 0.5) is 14.4 Å². The highest BCUT2D eigenvalue weighted by Gasteiger charge is 2.63. The van der Waals surface area contributed by atoms with Crippen molar-refractivity contribution in [3.63, 3.8) is 0 Å². The van der Waals surface area contributed by atoms with Gasteiger partial charge in [-0.2, -0.15) is 0 Å². The fourth-order valence-electron chi connectivity index (χ4n) is 13.5. The molecule has 650 valence electrons. The predicted molar refractivity (Wildman–Crippen MR) is 448 cm³/mol. The third-order valence-electron chi connectivity index (χ3n) is 19.8. The van der Waals surface area contributed by atoms with Crippen LogP contribution in [-0.4, -0.2) is 232 Å². The summed E-state index contributed by atoms with van der Waals surface area (Å²) in [6.45, 7) is 35.6. The van der Waals surface area contributed by atoms with Crippen molar-refractivity contribution < 1.29 is 99.5 Å². The van der Waals surface area contributed by atoms with Gasteiger partial charge in [0.15, 0.2) is 5.78 Å². The molecule has 7 aliphatic rings. The summed E-state index contributed by atoms with van der Waals surface area (Å²) in [5, 5.41) is 16.6. The second-order valence-electron chi connectivity index (χ2n) is 26.9. The molecule has 2 aliphatic carbocycles. The van der Waals surface area contributed by atoms with Gasteiger partial charge in [0, 0.05) is 85.7 Å². The first-order valence-corrected chi connectivity index (χ1v) is 41.5. The lowest BCUT2D eigenvalue weighted by atomic mass is 10.0. The number of Topliss-reactive ketones (excluding diaryl/α,β-unsaturated/α-hetero) is 2. The molecular weight excluding hydrogens is 1520 g/mol. The summed E-state index contributed by atoms with van der Waals surface area (Å²) in [5.74, 6) is -3.13. The average molecular weight is 1660 g/mol. The first kappa shape index (κ1) is 109. The maximum absolute atomic E-state index is 13.5. The number of hydrogen-bond acceptors (Lipinski definition) is 22. The molecule has 0 bridgehead atoms. The summed E-state index contributed by atoms with van der Waals surface area (Å²) in [5.41, 5.74) is -2.28. The van der Waals surface area contributed by atoms with Crippen LogP contribution < -0.4 is 31.9 Å². The fraction of sp³-hybridized carbons (Fsp3) is 0.750. The van der Waals surface area contributed by atoms with Gasteiger partial charge in [-0.1, -0.05) is 138 Å². The number of ether oxygens (including phenoxy) is 6. The number of carbonyl (C=O) groups is 12. The number of hydrogen-bond donors (Lipinski definition) is 6. The molecular formula is C80H144N9O21P3. The summed E-state index contributed by atoms with van der Waals surface area (Å²) >= 11 is 0. The Hall–Kier alpha value is -6.51. The lowest BCUT2D eigenvalue weighted by molar-refractivity contribution is -0.150. The van der Waals surface area contributed by atoms with Gasteiger partial charge in [-0.15, -0.1) is 19.7 Å². The van der Waals surface area contributed by atoms with Gasteiger partial charge >= 0.3 is 30.2 Å². The van der Waals surface area contributed by atoms with Crippen LogP contribution in [0.5, 0.6) is 0 Å². The van der Waals surface area contributed by atoms with Crippen LogP contribution in [0.3, 0.4) is 0 Å². The van der Waals surface area contributed by atoms with E-state index in [-0.39, 0.29) is 106 Å². The zero-order chi connectivity index (χ0) is 85.1. The van der Waals surface area contributed by atoms with Crippen molar-refractivity contribution in [2.45, 2.75) is 310 Å². The number of unbranched alkanes of at least 4 members (excludes halogenated alkanes) is 6. The minimum Gasteiger partial charge on any atom is -0.464 e. The van der Waals surface area contributed by atoms with E-state index in [1.165, 1.54) is 35.8 Å². The highest BCUT2D eigenvalue weighted by Crippen LogP contribution is 2.47. The Morgan fingerprint density at radius 2 is 1.09 bits per heavy atom. The molecule has 0 aromatic carbocycles. The number of amides is 8. The first-order valence-electron chi connectivity index (χ1n) is 40.1. The van der Waals surface area contributed by atoms with Crippen LogP contribution in [0.15, 0.2) is 50.1 Å². The topological polar surface area (TPSA) is 370 Å². The van der Waals surface area contributed by atoms with Crippen molar-refractivity contribution in [3.8, 4) is 0 Å².